The number of hydrogen-bond donors (Lipinski definition) is 2. The normalized spacial score (nSPS) is 35.3. The van der Waals surface area contributed by atoms with E-state index in [9.17, 15) is 43.1 Å². The number of Topliss-reactive ketones (excluding diaryl/α,β-unsaturated/α-hetero) is 1. The van der Waals surface area contributed by atoms with E-state index in [0.717, 1.165) is 38.9 Å². The molecule has 0 radical (unpaired) electrons. The van der Waals surface area contributed by atoms with Crippen molar-refractivity contribution in [1.29, 1.82) is 0 Å². The average Bonchev–Trinajstić information content (AvgIpc) is 3.86. The van der Waals surface area contributed by atoms with E-state index in [1.54, 1.807) is 19.9 Å². The van der Waals surface area contributed by atoms with Crippen molar-refractivity contribution in [3.63, 3.8) is 0 Å². The van der Waals surface area contributed by atoms with E-state index in [1.165, 1.54) is 55.5 Å². The molecule has 2 aliphatic heterocycles. The fraction of sp³-hybridized carbons (Fsp3) is 0.558. The van der Waals surface area contributed by atoms with Crippen LogP contribution in [0.3, 0.4) is 0 Å². The minimum Gasteiger partial charge on any atom is -0.467 e. The van der Waals surface area contributed by atoms with Gasteiger partial charge in [0, 0.05) is 49.6 Å². The lowest BCUT2D eigenvalue weighted by molar-refractivity contribution is -0.282. The number of methoxy groups -OCH3 is 1. The Morgan fingerprint density at radius 2 is 1.61 bits per heavy atom. The van der Waals surface area contributed by atoms with Gasteiger partial charge in [-0.2, -0.15) is 0 Å². The summed E-state index contributed by atoms with van der Waals surface area (Å²) >= 11 is 0. The number of aliphatic hydroxyl groups excluding tert-OH is 1. The highest BCUT2D eigenvalue weighted by Gasteiger charge is 2.80. The molecule has 2 aromatic carbocycles. The van der Waals surface area contributed by atoms with Crippen LogP contribution in [-0.2, 0) is 78.0 Å². The van der Waals surface area contributed by atoms with Gasteiger partial charge < -0.3 is 58.2 Å². The third-order valence-electron chi connectivity index (χ3n) is 15.5. The molecule has 8 rings (SSSR count). The van der Waals surface area contributed by atoms with Gasteiger partial charge in [-0.1, -0.05) is 31.2 Å². The molecular formula is C52H59F3N2O18. The lowest BCUT2D eigenvalue weighted by Gasteiger charge is -2.63. The van der Waals surface area contributed by atoms with Crippen LogP contribution < -0.4 is 10.5 Å². The lowest BCUT2D eigenvalue weighted by atomic mass is 9.44. The van der Waals surface area contributed by atoms with Gasteiger partial charge >= 0.3 is 30.0 Å². The summed E-state index contributed by atoms with van der Waals surface area (Å²) in [5, 5.41) is 12.0. The monoisotopic (exact) mass is 1060 g/mol. The molecular weight excluding hydrogens is 998 g/mol. The first-order valence-corrected chi connectivity index (χ1v) is 24.3. The van der Waals surface area contributed by atoms with Crippen LogP contribution in [0.2, 0.25) is 0 Å². The van der Waals surface area contributed by atoms with E-state index in [4.69, 9.17) is 53.1 Å². The van der Waals surface area contributed by atoms with Crippen LogP contribution in [0.4, 0.5) is 23.7 Å². The highest BCUT2D eigenvalue weighted by Crippen LogP contribution is 2.72. The van der Waals surface area contributed by atoms with Gasteiger partial charge in [0.15, 0.2) is 47.4 Å². The molecule has 4 aliphatic carbocycles. The average molecular weight is 1060 g/mol. The smallest absolute Gasteiger partial charge is 0.411 e. The van der Waals surface area contributed by atoms with E-state index >= 15 is 8.78 Å². The molecule has 75 heavy (non-hydrogen) atoms. The van der Waals surface area contributed by atoms with Crippen LogP contribution in [-0.4, -0.2) is 139 Å². The Bertz CT molecular complexity index is 2690. The molecule has 20 nitrogen and oxygen atoms in total. The standard InChI is InChI=1S/C52H59F3N2O18/c1-8-57(48(65)68-22-28-12-13-37(36(56)16-28)72-47-44(71-27(4)60)42(70-26(3)59)41(69-25(2)58)43(74-47)45(64)66-7)24-67-23-39(63)52-40(73-46(75-52)29-10-9-11-30(53)17-29)20-32-33-19-35(54)34-18-31(61)14-15-49(34,5)51(33,55)38(62)21-50(32,52)6/h9-18,32-33,35,38,40-44,46-47,62H,8,19-24,56H2,1-7H3/t32-,33-,35-,38-,40+,41-,42-,43-,44+,46+,47+,49-,50-,51-,52+/m0/s1. The lowest BCUT2D eigenvalue weighted by Crippen LogP contribution is -2.70. The summed E-state index contributed by atoms with van der Waals surface area (Å²) in [4.78, 5) is 91.2. The van der Waals surface area contributed by atoms with E-state index in [1.807, 2.05) is 0 Å². The molecule has 2 saturated heterocycles. The number of aliphatic hydroxyl groups is 1. The number of carbonyl (C=O) groups excluding carboxylic acids is 7. The number of hydrogen-bond acceptors (Lipinski definition) is 19. The van der Waals surface area contributed by atoms with E-state index < -0.39 is 150 Å². The van der Waals surface area contributed by atoms with Crippen LogP contribution in [0.15, 0.2) is 66.3 Å². The van der Waals surface area contributed by atoms with Crippen molar-refractivity contribution in [1.82, 2.24) is 4.90 Å². The number of amides is 1. The molecule has 1 amide bonds. The van der Waals surface area contributed by atoms with E-state index in [-0.39, 0.29) is 55.0 Å². The number of nitrogens with zero attached hydrogens (tertiary/aromatic N) is 1. The fourth-order valence-electron chi connectivity index (χ4n) is 12.2. The number of anilines is 1. The Kier molecular flexibility index (Phi) is 15.3. The van der Waals surface area contributed by atoms with Gasteiger partial charge in [0.1, 0.15) is 37.7 Å². The van der Waals surface area contributed by atoms with Gasteiger partial charge in [0.25, 0.3) is 0 Å². The maximum Gasteiger partial charge on any atom is 0.411 e. The van der Waals surface area contributed by atoms with Gasteiger partial charge in [0.05, 0.1) is 25.0 Å². The van der Waals surface area contributed by atoms with Crippen LogP contribution >= 0.6 is 0 Å². The predicted molar refractivity (Wildman–Crippen MR) is 249 cm³/mol. The maximum atomic E-state index is 18.0. The Balaban J connectivity index is 0.955. The second kappa shape index (κ2) is 21.0. The molecule has 0 bridgehead atoms. The van der Waals surface area contributed by atoms with Gasteiger partial charge in [-0.15, -0.1) is 0 Å². The summed E-state index contributed by atoms with van der Waals surface area (Å²) in [6, 6.07) is 9.60. The van der Waals surface area contributed by atoms with Crippen LogP contribution in [0.5, 0.6) is 5.75 Å². The number of nitrogens with two attached hydrogens (primary N) is 1. The van der Waals surface area contributed by atoms with Crippen molar-refractivity contribution in [2.75, 3.05) is 32.7 Å². The predicted octanol–water partition coefficient (Wildman–Crippen LogP) is 4.76. The number of benzene rings is 2. The maximum absolute atomic E-state index is 18.0. The number of rotatable bonds is 15. The third-order valence-corrected chi connectivity index (χ3v) is 15.5. The van der Waals surface area contributed by atoms with Crippen molar-refractivity contribution >= 4 is 47.2 Å². The zero-order chi connectivity index (χ0) is 54.5. The number of nitrogen functional groups attached to an aromatic ring is 1. The Morgan fingerprint density at radius 1 is 0.920 bits per heavy atom. The van der Waals surface area contributed by atoms with Crippen molar-refractivity contribution in [2.24, 2.45) is 22.7 Å². The number of fused-ring (bicyclic) bond motifs is 7. The zero-order valence-corrected chi connectivity index (χ0v) is 42.1. The van der Waals surface area contributed by atoms with Crippen molar-refractivity contribution in [3.8, 4) is 5.75 Å². The van der Waals surface area contributed by atoms with Gasteiger partial charge in [-0.3, -0.25) is 28.9 Å². The molecule has 3 saturated carbocycles. The first-order chi connectivity index (χ1) is 35.4. The molecule has 0 aromatic heterocycles. The number of carbonyl (C=O) groups is 7. The van der Waals surface area contributed by atoms with Crippen molar-refractivity contribution < 1.29 is 99.2 Å². The van der Waals surface area contributed by atoms with Crippen molar-refractivity contribution in [3.05, 3.63) is 83.2 Å². The van der Waals surface area contributed by atoms with Crippen LogP contribution in [0, 0.1) is 28.5 Å². The first kappa shape index (κ1) is 54.8. The summed E-state index contributed by atoms with van der Waals surface area (Å²) in [7, 11) is 1.04. The summed E-state index contributed by atoms with van der Waals surface area (Å²) in [6.45, 7) is 6.41. The first-order valence-electron chi connectivity index (χ1n) is 24.3. The van der Waals surface area contributed by atoms with Gasteiger partial charge in [-0.25, -0.2) is 22.8 Å². The summed E-state index contributed by atoms with van der Waals surface area (Å²) in [5.74, 6) is -7.52. The Labute approximate surface area is 428 Å². The van der Waals surface area contributed by atoms with E-state index in [2.05, 4.69) is 0 Å². The summed E-state index contributed by atoms with van der Waals surface area (Å²) in [6.07, 6.45) is -12.2. The second-order valence-electron chi connectivity index (χ2n) is 19.9. The SMILES string of the molecule is CCN(COCC(=O)[C@@]12O[C@H](c3cccc(F)c3)O[C@@H]1C[C@H]1[C@@H]3C[C@H](F)C4=CC(=O)C=C[C@]4(C)[C@@]3(F)[C@@H](O)C[C@@]12C)C(=O)OCc1ccc(O[C@@H]2O[C@H](C(=O)OC)[C@@H](OC(C)=O)[C@H](OC(C)=O)[C@H]2OC(C)=O)c(N)c1. The molecule has 0 unspecified atom stereocenters. The second-order valence-corrected chi connectivity index (χ2v) is 19.9. The summed E-state index contributed by atoms with van der Waals surface area (Å²) < 4.78 is 106. The topological polar surface area (TPSA) is 261 Å². The molecule has 23 heteroatoms. The Morgan fingerprint density at radius 3 is 2.27 bits per heavy atom. The third kappa shape index (κ3) is 9.65. The number of allylic oxidation sites excluding steroid dienone is 4. The highest BCUT2D eigenvalue weighted by molar-refractivity contribution is 6.01. The van der Waals surface area contributed by atoms with E-state index in [0.29, 0.717) is 5.56 Å². The number of alkyl halides is 2. The van der Waals surface area contributed by atoms with Gasteiger partial charge in [-0.05, 0) is 86.6 Å². The fourth-order valence-corrected chi connectivity index (χ4v) is 12.2. The number of ether oxygens (including phenoxy) is 10. The Hall–Kier alpha value is -6.40. The quantitative estimate of drug-likeness (QED) is 0.105. The largest absolute Gasteiger partial charge is 0.467 e. The summed E-state index contributed by atoms with van der Waals surface area (Å²) in [5.41, 5.74) is -0.666. The highest BCUT2D eigenvalue weighted by atomic mass is 19.1. The molecule has 0 spiro atoms. The van der Waals surface area contributed by atoms with Crippen LogP contribution in [0.25, 0.3) is 0 Å². The molecule has 5 fully saturated rings. The molecule has 15 atom stereocenters. The molecule has 3 N–H and O–H groups in total. The van der Waals surface area contributed by atoms with Crippen LogP contribution in [0.1, 0.15) is 78.2 Å². The number of ketones is 2. The van der Waals surface area contributed by atoms with Gasteiger partial charge in [0.2, 0.25) is 12.4 Å². The molecule has 406 valence electrons. The zero-order valence-electron chi connectivity index (χ0n) is 42.1. The minimum atomic E-state index is -2.46. The number of esters is 4. The molecule has 2 heterocycles. The number of halogens is 3. The molecule has 6 aliphatic rings. The minimum absolute atomic E-state index is 0.000269. The molecule has 2 aromatic rings. The van der Waals surface area contributed by atoms with Crippen molar-refractivity contribution in [2.45, 2.75) is 134 Å².